The molecule has 29 heavy (non-hydrogen) atoms. The predicted molar refractivity (Wildman–Crippen MR) is 110 cm³/mol. The van der Waals surface area contributed by atoms with Gasteiger partial charge in [0.05, 0.1) is 28.4 Å². The topological polar surface area (TPSA) is 75.6 Å². The van der Waals surface area contributed by atoms with Gasteiger partial charge in [0.1, 0.15) is 5.75 Å². The van der Waals surface area contributed by atoms with Crippen molar-refractivity contribution < 1.29 is 28.5 Å². The number of rotatable bonds is 7. The number of aliphatic imine (C=N–C) groups is 1. The van der Waals surface area contributed by atoms with Gasteiger partial charge in [-0.1, -0.05) is 18.2 Å². The molecule has 0 aromatic heterocycles. The predicted octanol–water partition coefficient (Wildman–Crippen LogP) is 3.73. The molecule has 0 saturated heterocycles. The number of para-hydroxylation sites is 1. The first-order valence-corrected chi connectivity index (χ1v) is 8.73. The molecule has 0 spiro atoms. The van der Waals surface area contributed by atoms with Crippen LogP contribution in [0.4, 0.5) is 0 Å². The smallest absolute Gasteiger partial charge is 0.363 e. The number of hydrogen-bond acceptors (Lipinski definition) is 7. The Morgan fingerprint density at radius 2 is 1.52 bits per heavy atom. The van der Waals surface area contributed by atoms with E-state index in [4.69, 9.17) is 23.7 Å². The van der Waals surface area contributed by atoms with E-state index in [0.29, 0.717) is 28.6 Å². The van der Waals surface area contributed by atoms with Crippen molar-refractivity contribution >= 4 is 24.0 Å². The monoisotopic (exact) mass is 395 g/mol. The second-order valence-corrected chi connectivity index (χ2v) is 5.90. The molecule has 3 rings (SSSR count). The fraction of sp³-hybridized carbons (Fsp3) is 0.182. The van der Waals surface area contributed by atoms with Gasteiger partial charge in [0.2, 0.25) is 11.6 Å². The summed E-state index contributed by atoms with van der Waals surface area (Å²) in [6.07, 6.45) is 4.98. The maximum Gasteiger partial charge on any atom is 0.363 e. The van der Waals surface area contributed by atoms with Crippen molar-refractivity contribution in [3.05, 3.63) is 59.3 Å². The van der Waals surface area contributed by atoms with Crippen molar-refractivity contribution in [1.82, 2.24) is 0 Å². The molecule has 0 fully saturated rings. The number of hydrogen-bond donors (Lipinski definition) is 0. The van der Waals surface area contributed by atoms with Gasteiger partial charge in [0.25, 0.3) is 0 Å². The number of methoxy groups -OCH3 is 4. The third kappa shape index (κ3) is 4.40. The molecule has 0 saturated carbocycles. The molecule has 0 N–H and O–H groups in total. The molecule has 0 bridgehead atoms. The van der Waals surface area contributed by atoms with Crippen LogP contribution in [0.3, 0.4) is 0 Å². The van der Waals surface area contributed by atoms with E-state index in [0.717, 1.165) is 5.56 Å². The summed E-state index contributed by atoms with van der Waals surface area (Å²) >= 11 is 0. The van der Waals surface area contributed by atoms with Gasteiger partial charge in [0.15, 0.2) is 17.2 Å². The molecular weight excluding hydrogens is 374 g/mol. The summed E-state index contributed by atoms with van der Waals surface area (Å²) in [7, 11) is 6.17. The molecule has 2 aromatic rings. The minimum atomic E-state index is -0.543. The lowest BCUT2D eigenvalue weighted by atomic mass is 10.1. The first-order chi connectivity index (χ1) is 14.1. The Morgan fingerprint density at radius 1 is 0.862 bits per heavy atom. The Hall–Kier alpha value is -3.74. The average molecular weight is 395 g/mol. The molecule has 150 valence electrons. The number of nitrogens with zero attached hydrogens (tertiary/aromatic N) is 1. The summed E-state index contributed by atoms with van der Waals surface area (Å²) in [6.45, 7) is 0. The summed E-state index contributed by atoms with van der Waals surface area (Å²) in [6, 6.07) is 10.9. The van der Waals surface area contributed by atoms with Crippen molar-refractivity contribution in [3.8, 4) is 23.0 Å². The Labute approximate surface area is 168 Å². The van der Waals surface area contributed by atoms with Crippen LogP contribution in [0.25, 0.3) is 12.2 Å². The van der Waals surface area contributed by atoms with Crippen LogP contribution in [0.2, 0.25) is 0 Å². The minimum Gasteiger partial charge on any atom is -0.496 e. The van der Waals surface area contributed by atoms with E-state index in [-0.39, 0.29) is 11.6 Å². The first kappa shape index (κ1) is 20.0. The summed E-state index contributed by atoms with van der Waals surface area (Å²) in [4.78, 5) is 16.5. The van der Waals surface area contributed by atoms with Crippen LogP contribution in [0.5, 0.6) is 23.0 Å². The number of esters is 1. The van der Waals surface area contributed by atoms with Gasteiger partial charge in [0, 0.05) is 11.6 Å². The fourth-order valence-corrected chi connectivity index (χ4v) is 2.80. The zero-order chi connectivity index (χ0) is 20.8. The average Bonchev–Trinajstić information content (AvgIpc) is 3.10. The molecular formula is C22H21NO6. The van der Waals surface area contributed by atoms with Gasteiger partial charge in [-0.05, 0) is 35.9 Å². The lowest BCUT2D eigenvalue weighted by Gasteiger charge is -2.12. The highest BCUT2D eigenvalue weighted by Crippen LogP contribution is 2.39. The van der Waals surface area contributed by atoms with Crippen molar-refractivity contribution in [1.29, 1.82) is 0 Å². The third-order valence-corrected chi connectivity index (χ3v) is 4.17. The van der Waals surface area contributed by atoms with Crippen LogP contribution in [0.1, 0.15) is 11.1 Å². The molecule has 1 heterocycles. The largest absolute Gasteiger partial charge is 0.496 e. The number of ether oxygens (including phenoxy) is 5. The van der Waals surface area contributed by atoms with Crippen molar-refractivity contribution in [2.75, 3.05) is 28.4 Å². The normalized spacial score (nSPS) is 14.7. The highest BCUT2D eigenvalue weighted by atomic mass is 16.6. The molecule has 7 heteroatoms. The Balaban J connectivity index is 1.90. The first-order valence-electron chi connectivity index (χ1n) is 8.73. The standard InChI is InChI=1S/C22H21NO6/c1-25-17-8-6-5-7-15(17)9-10-20-23-16(22(24)29-20)11-14-12-18(26-2)21(28-4)19(13-14)27-3/h5-13H,1-4H3/b10-9+,16-11+. The molecule has 0 unspecified atom stereocenters. The molecule has 0 amide bonds. The number of carbonyl (C=O) groups excluding carboxylic acids is 1. The molecule has 0 atom stereocenters. The van der Waals surface area contributed by atoms with E-state index in [1.54, 1.807) is 37.5 Å². The molecule has 2 aromatic carbocycles. The van der Waals surface area contributed by atoms with Crippen molar-refractivity contribution in [3.63, 3.8) is 0 Å². The van der Waals surface area contributed by atoms with Crippen LogP contribution >= 0.6 is 0 Å². The van der Waals surface area contributed by atoms with Gasteiger partial charge < -0.3 is 23.7 Å². The molecule has 0 aliphatic carbocycles. The number of cyclic esters (lactones) is 1. The Kier molecular flexibility index (Phi) is 6.19. The van der Waals surface area contributed by atoms with E-state index in [9.17, 15) is 4.79 Å². The van der Waals surface area contributed by atoms with Crippen LogP contribution in [0, 0.1) is 0 Å². The van der Waals surface area contributed by atoms with Crippen LogP contribution in [-0.2, 0) is 9.53 Å². The summed E-state index contributed by atoms with van der Waals surface area (Å²) in [5, 5.41) is 0. The van der Waals surface area contributed by atoms with E-state index in [1.165, 1.54) is 21.3 Å². The van der Waals surface area contributed by atoms with Crippen molar-refractivity contribution in [2.24, 2.45) is 4.99 Å². The van der Waals surface area contributed by atoms with Crippen LogP contribution in [-0.4, -0.2) is 40.3 Å². The quantitative estimate of drug-likeness (QED) is 0.525. The summed E-state index contributed by atoms with van der Waals surface area (Å²) in [5.74, 6) is 1.78. The van der Waals surface area contributed by atoms with Crippen molar-refractivity contribution in [2.45, 2.75) is 0 Å². The second kappa shape index (κ2) is 8.97. The van der Waals surface area contributed by atoms with Gasteiger partial charge in [-0.2, -0.15) is 0 Å². The summed E-state index contributed by atoms with van der Waals surface area (Å²) in [5.41, 5.74) is 1.67. The lowest BCUT2D eigenvalue weighted by Crippen LogP contribution is -2.01. The van der Waals surface area contributed by atoms with E-state index < -0.39 is 5.97 Å². The highest BCUT2D eigenvalue weighted by Gasteiger charge is 2.22. The SMILES string of the molecule is COc1ccccc1/C=C/C1=NC(=C/c2cc(OC)c(OC)c(OC)c2)/C(=O)O1. The lowest BCUT2D eigenvalue weighted by molar-refractivity contribution is -0.129. The molecule has 1 aliphatic heterocycles. The Bertz CT molecular complexity index is 981. The molecule has 1 aliphatic rings. The van der Waals surface area contributed by atoms with Gasteiger partial charge in [-0.25, -0.2) is 9.79 Å². The van der Waals surface area contributed by atoms with Gasteiger partial charge in [-0.15, -0.1) is 0 Å². The van der Waals surface area contributed by atoms with E-state index in [1.807, 2.05) is 24.3 Å². The van der Waals surface area contributed by atoms with Crippen LogP contribution in [0.15, 0.2) is 53.2 Å². The Morgan fingerprint density at radius 3 is 2.14 bits per heavy atom. The zero-order valence-electron chi connectivity index (χ0n) is 16.6. The second-order valence-electron chi connectivity index (χ2n) is 5.90. The molecule has 7 nitrogen and oxygen atoms in total. The van der Waals surface area contributed by atoms with Gasteiger partial charge >= 0.3 is 5.97 Å². The van der Waals surface area contributed by atoms with Crippen LogP contribution < -0.4 is 18.9 Å². The number of carbonyl (C=O) groups is 1. The maximum absolute atomic E-state index is 12.2. The third-order valence-electron chi connectivity index (χ3n) is 4.17. The highest BCUT2D eigenvalue weighted by molar-refractivity contribution is 6.11. The number of benzene rings is 2. The zero-order valence-corrected chi connectivity index (χ0v) is 16.6. The maximum atomic E-state index is 12.2. The molecule has 0 radical (unpaired) electrons. The fourth-order valence-electron chi connectivity index (χ4n) is 2.80. The van der Waals surface area contributed by atoms with E-state index in [2.05, 4.69) is 4.99 Å². The van der Waals surface area contributed by atoms with Gasteiger partial charge in [-0.3, -0.25) is 0 Å². The van der Waals surface area contributed by atoms with E-state index >= 15 is 0 Å². The minimum absolute atomic E-state index is 0.166. The summed E-state index contributed by atoms with van der Waals surface area (Å²) < 4.78 is 26.5.